The monoisotopic (exact) mass is 321 g/mol. The highest BCUT2D eigenvalue weighted by atomic mass is 79.9. The molecular formula is C11H13BrClNOS. The van der Waals surface area contributed by atoms with Crippen LogP contribution in [0.15, 0.2) is 9.85 Å². The van der Waals surface area contributed by atoms with Crippen LogP contribution in [-0.2, 0) is 0 Å². The zero-order valence-corrected chi connectivity index (χ0v) is 12.1. The zero-order chi connectivity index (χ0) is 11.8. The number of thiophene rings is 1. The molecule has 0 unspecified atom stereocenters. The van der Waals surface area contributed by atoms with Gasteiger partial charge in [-0.1, -0.05) is 0 Å². The van der Waals surface area contributed by atoms with Crippen LogP contribution >= 0.6 is 38.9 Å². The number of rotatable bonds is 4. The fourth-order valence-corrected chi connectivity index (χ4v) is 3.27. The lowest BCUT2D eigenvalue weighted by Gasteiger charge is -2.11. The number of nitrogens with one attached hydrogen (secondary N) is 1. The van der Waals surface area contributed by atoms with E-state index in [0.29, 0.717) is 12.4 Å². The molecule has 1 aromatic heterocycles. The van der Waals surface area contributed by atoms with E-state index in [-0.39, 0.29) is 11.3 Å². The molecule has 0 atom stereocenters. The van der Waals surface area contributed by atoms with Gasteiger partial charge < -0.3 is 5.32 Å². The largest absolute Gasteiger partial charge is 0.351 e. The summed E-state index contributed by atoms with van der Waals surface area (Å²) in [6.45, 7) is 2.68. The van der Waals surface area contributed by atoms with Crippen molar-refractivity contribution in [2.75, 3.05) is 12.4 Å². The molecule has 88 valence electrons. The first-order chi connectivity index (χ1) is 7.56. The summed E-state index contributed by atoms with van der Waals surface area (Å²) < 4.78 is 1.02. The van der Waals surface area contributed by atoms with Gasteiger partial charge in [0.05, 0.1) is 8.66 Å². The second-order valence-corrected chi connectivity index (χ2v) is 7.02. The minimum atomic E-state index is 0.00944. The number of hydrogen-bond donors (Lipinski definition) is 1. The van der Waals surface area contributed by atoms with Crippen molar-refractivity contribution in [1.82, 2.24) is 5.32 Å². The number of carbonyl (C=O) groups is 1. The second kappa shape index (κ2) is 4.67. The normalized spacial score (nSPS) is 17.2. The first-order valence-electron chi connectivity index (χ1n) is 5.16. The molecular weight excluding hydrogens is 310 g/mol. The molecule has 1 aliphatic carbocycles. The van der Waals surface area contributed by atoms with E-state index in [1.54, 1.807) is 0 Å². The van der Waals surface area contributed by atoms with E-state index < -0.39 is 0 Å². The van der Waals surface area contributed by atoms with Gasteiger partial charge >= 0.3 is 0 Å². The van der Waals surface area contributed by atoms with Gasteiger partial charge in [0, 0.05) is 17.8 Å². The molecule has 2 rings (SSSR count). The van der Waals surface area contributed by atoms with Gasteiger partial charge in [0.25, 0.3) is 5.91 Å². The number of amides is 1. The van der Waals surface area contributed by atoms with E-state index in [4.69, 9.17) is 11.6 Å². The van der Waals surface area contributed by atoms with Crippen LogP contribution < -0.4 is 5.32 Å². The van der Waals surface area contributed by atoms with Gasteiger partial charge in [-0.05, 0) is 47.3 Å². The molecule has 1 aliphatic rings. The van der Waals surface area contributed by atoms with Crippen molar-refractivity contribution in [3.8, 4) is 0 Å². The van der Waals surface area contributed by atoms with Gasteiger partial charge in [0.2, 0.25) is 0 Å². The zero-order valence-electron chi connectivity index (χ0n) is 8.98. The summed E-state index contributed by atoms with van der Waals surface area (Å²) >= 11 is 10.7. The number of hydrogen-bond acceptors (Lipinski definition) is 2. The molecule has 0 aliphatic heterocycles. The van der Waals surface area contributed by atoms with Crippen molar-refractivity contribution < 1.29 is 4.79 Å². The van der Waals surface area contributed by atoms with E-state index in [1.807, 2.05) is 13.0 Å². The quantitative estimate of drug-likeness (QED) is 0.844. The predicted molar refractivity (Wildman–Crippen MR) is 71.5 cm³/mol. The number of carbonyl (C=O) groups excluding carboxylic acids is 1. The number of alkyl halides is 1. The SMILES string of the molecule is Cc1cc(C(=O)NCC2(CCl)CC2)sc1Br. The highest BCUT2D eigenvalue weighted by Crippen LogP contribution is 2.45. The molecule has 0 aromatic carbocycles. The highest BCUT2D eigenvalue weighted by Gasteiger charge is 2.41. The third-order valence-corrected chi connectivity index (χ3v) is 5.65. The Morgan fingerprint density at radius 3 is 2.81 bits per heavy atom. The van der Waals surface area contributed by atoms with E-state index >= 15 is 0 Å². The van der Waals surface area contributed by atoms with Crippen LogP contribution in [0, 0.1) is 12.3 Å². The van der Waals surface area contributed by atoms with Crippen molar-refractivity contribution in [1.29, 1.82) is 0 Å². The Labute approximate surface area is 113 Å². The standard InChI is InChI=1S/C11H13BrClNOS/c1-7-4-8(16-9(7)12)10(15)14-6-11(5-13)2-3-11/h4H,2-3,5-6H2,1H3,(H,14,15). The molecule has 2 nitrogen and oxygen atoms in total. The fraction of sp³-hybridized carbons (Fsp3) is 0.545. The summed E-state index contributed by atoms with van der Waals surface area (Å²) in [5.41, 5.74) is 1.29. The highest BCUT2D eigenvalue weighted by molar-refractivity contribution is 9.11. The van der Waals surface area contributed by atoms with E-state index in [0.717, 1.165) is 27.1 Å². The van der Waals surface area contributed by atoms with Crippen LogP contribution in [0.3, 0.4) is 0 Å². The lowest BCUT2D eigenvalue weighted by Crippen LogP contribution is -2.30. The molecule has 1 heterocycles. The average Bonchev–Trinajstić information content (AvgIpc) is 2.98. The summed E-state index contributed by atoms with van der Waals surface area (Å²) in [4.78, 5) is 12.6. The number of halogens is 2. The lowest BCUT2D eigenvalue weighted by molar-refractivity contribution is 0.0950. The molecule has 1 aromatic rings. The summed E-state index contributed by atoms with van der Waals surface area (Å²) in [6, 6.07) is 1.91. The molecule has 0 spiro atoms. The summed E-state index contributed by atoms with van der Waals surface area (Å²) in [5, 5.41) is 2.96. The molecule has 0 saturated heterocycles. The molecule has 5 heteroatoms. The summed E-state index contributed by atoms with van der Waals surface area (Å²) in [6.07, 6.45) is 2.26. The topological polar surface area (TPSA) is 29.1 Å². The lowest BCUT2D eigenvalue weighted by atomic mass is 10.1. The van der Waals surface area contributed by atoms with Gasteiger partial charge in [-0.15, -0.1) is 22.9 Å². The Balaban J connectivity index is 1.93. The Morgan fingerprint density at radius 2 is 2.38 bits per heavy atom. The smallest absolute Gasteiger partial charge is 0.261 e. The van der Waals surface area contributed by atoms with Crippen LogP contribution in [-0.4, -0.2) is 18.3 Å². The maximum atomic E-state index is 11.8. The van der Waals surface area contributed by atoms with Gasteiger partial charge in [-0.25, -0.2) is 0 Å². The number of aryl methyl sites for hydroxylation is 1. The van der Waals surface area contributed by atoms with Crippen molar-refractivity contribution in [2.24, 2.45) is 5.41 Å². The predicted octanol–water partition coefficient (Wildman–Crippen LogP) is 3.57. The Kier molecular flexibility index (Phi) is 3.62. The van der Waals surface area contributed by atoms with Crippen LogP contribution in [0.5, 0.6) is 0 Å². The van der Waals surface area contributed by atoms with Crippen LogP contribution in [0.4, 0.5) is 0 Å². The molecule has 1 fully saturated rings. The maximum Gasteiger partial charge on any atom is 0.261 e. The first kappa shape index (κ1) is 12.4. The van der Waals surface area contributed by atoms with E-state index in [1.165, 1.54) is 11.3 Å². The van der Waals surface area contributed by atoms with Gasteiger partial charge in [-0.2, -0.15) is 0 Å². The molecule has 1 amide bonds. The van der Waals surface area contributed by atoms with Crippen LogP contribution in [0.2, 0.25) is 0 Å². The molecule has 0 radical (unpaired) electrons. The molecule has 1 saturated carbocycles. The van der Waals surface area contributed by atoms with Crippen molar-refractivity contribution in [2.45, 2.75) is 19.8 Å². The Hall–Kier alpha value is -0.0600. The molecule has 0 bridgehead atoms. The summed E-state index contributed by atoms with van der Waals surface area (Å²) in [7, 11) is 0. The Bertz CT molecular complexity index is 395. The Morgan fingerprint density at radius 1 is 1.69 bits per heavy atom. The minimum absolute atomic E-state index is 0.00944. The van der Waals surface area contributed by atoms with Gasteiger partial charge in [0.15, 0.2) is 0 Å². The van der Waals surface area contributed by atoms with Gasteiger partial charge in [0.1, 0.15) is 0 Å². The van der Waals surface area contributed by atoms with Crippen LogP contribution in [0.1, 0.15) is 28.1 Å². The third kappa shape index (κ3) is 2.60. The van der Waals surface area contributed by atoms with Crippen molar-refractivity contribution in [3.05, 3.63) is 20.3 Å². The molecule has 1 N–H and O–H groups in total. The average molecular weight is 323 g/mol. The third-order valence-electron chi connectivity index (χ3n) is 2.95. The van der Waals surface area contributed by atoms with Crippen LogP contribution in [0.25, 0.3) is 0 Å². The van der Waals surface area contributed by atoms with E-state index in [9.17, 15) is 4.79 Å². The first-order valence-corrected chi connectivity index (χ1v) is 7.31. The van der Waals surface area contributed by atoms with E-state index in [2.05, 4.69) is 21.2 Å². The second-order valence-electron chi connectivity index (χ2n) is 4.38. The summed E-state index contributed by atoms with van der Waals surface area (Å²) in [5.74, 6) is 0.649. The van der Waals surface area contributed by atoms with Gasteiger partial charge in [-0.3, -0.25) is 4.79 Å². The molecule has 16 heavy (non-hydrogen) atoms. The fourth-order valence-electron chi connectivity index (χ4n) is 1.46. The van der Waals surface area contributed by atoms with Crippen molar-refractivity contribution in [3.63, 3.8) is 0 Å². The minimum Gasteiger partial charge on any atom is -0.351 e. The van der Waals surface area contributed by atoms with Crippen molar-refractivity contribution >= 4 is 44.8 Å². The maximum absolute atomic E-state index is 11.8.